The number of hydrogen-bond acceptors (Lipinski definition) is 3. The molecule has 0 saturated carbocycles. The molecule has 2 saturated heterocycles. The second-order valence-electron chi connectivity index (χ2n) is 2.96. The molecule has 2 aliphatic rings. The molecule has 0 radical (unpaired) electrons. The number of ether oxygens (including phenoxy) is 1. The van der Waals surface area contributed by atoms with Crippen LogP contribution in [0.1, 0.15) is 6.42 Å². The fourth-order valence-electron chi connectivity index (χ4n) is 1.33. The molecule has 1 N–H and O–H groups in total. The minimum atomic E-state index is 0.670. The second kappa shape index (κ2) is 3.11. The first-order valence-corrected chi connectivity index (χ1v) is 5.02. The Morgan fingerprint density at radius 1 is 1.30 bits per heavy atom. The molecule has 2 fully saturated rings. The van der Waals surface area contributed by atoms with Crippen molar-refractivity contribution >= 4 is 11.8 Å². The topological polar surface area (TPSA) is 21.3 Å². The first kappa shape index (κ1) is 6.95. The lowest BCUT2D eigenvalue weighted by Crippen LogP contribution is -2.50. The number of hydrogen-bond donors (Lipinski definition) is 1. The highest BCUT2D eigenvalue weighted by Gasteiger charge is 2.23. The summed E-state index contributed by atoms with van der Waals surface area (Å²) in [6.07, 6.45) is 1.35. The van der Waals surface area contributed by atoms with Crippen LogP contribution in [-0.2, 0) is 4.74 Å². The Bertz CT molecular complexity index is 110. The van der Waals surface area contributed by atoms with Gasteiger partial charge < -0.3 is 10.1 Å². The lowest BCUT2D eigenvalue weighted by Gasteiger charge is -2.29. The molecule has 3 heteroatoms. The van der Waals surface area contributed by atoms with Gasteiger partial charge in [-0.25, -0.2) is 0 Å². The molecule has 2 rings (SSSR count). The molecule has 0 amide bonds. The van der Waals surface area contributed by atoms with E-state index in [0.29, 0.717) is 6.04 Å². The Kier molecular flexibility index (Phi) is 2.16. The van der Waals surface area contributed by atoms with Crippen LogP contribution < -0.4 is 5.32 Å². The fourth-order valence-corrected chi connectivity index (χ4v) is 2.50. The highest BCUT2D eigenvalue weighted by molar-refractivity contribution is 7.99. The first-order chi connectivity index (χ1) is 4.95. The van der Waals surface area contributed by atoms with Gasteiger partial charge in [0.05, 0.1) is 19.3 Å². The van der Waals surface area contributed by atoms with E-state index in [2.05, 4.69) is 17.1 Å². The zero-order valence-corrected chi connectivity index (χ0v) is 6.82. The summed E-state index contributed by atoms with van der Waals surface area (Å²) in [7, 11) is 0. The molecule has 0 aliphatic carbocycles. The lowest BCUT2D eigenvalue weighted by molar-refractivity contribution is -0.00874. The zero-order chi connectivity index (χ0) is 6.81. The van der Waals surface area contributed by atoms with Crippen molar-refractivity contribution in [2.45, 2.75) is 18.5 Å². The van der Waals surface area contributed by atoms with Gasteiger partial charge in [0.15, 0.2) is 0 Å². The van der Waals surface area contributed by atoms with E-state index in [1.165, 1.54) is 17.9 Å². The van der Waals surface area contributed by atoms with E-state index in [9.17, 15) is 0 Å². The molecule has 0 aromatic heterocycles. The van der Waals surface area contributed by atoms with Gasteiger partial charge in [0.2, 0.25) is 0 Å². The van der Waals surface area contributed by atoms with Crippen LogP contribution in [0.25, 0.3) is 0 Å². The molecule has 1 unspecified atom stereocenters. The molecule has 58 valence electrons. The second-order valence-corrected chi connectivity index (χ2v) is 4.11. The molecular formula is C7H13NOS. The van der Waals surface area contributed by atoms with Crippen molar-refractivity contribution in [2.75, 3.05) is 24.7 Å². The maximum atomic E-state index is 5.08. The van der Waals surface area contributed by atoms with E-state index in [4.69, 9.17) is 4.74 Å². The Labute approximate surface area is 65.7 Å². The average molecular weight is 159 g/mol. The standard InChI is InChI=1S/C7H13NOS/c1-2-10-5-6(1)8-7-3-9-4-7/h6-8H,1-5H2. The molecule has 0 spiro atoms. The summed E-state index contributed by atoms with van der Waals surface area (Å²) < 4.78 is 5.08. The van der Waals surface area contributed by atoms with Gasteiger partial charge in [-0.15, -0.1) is 0 Å². The monoisotopic (exact) mass is 159 g/mol. The van der Waals surface area contributed by atoms with Crippen LogP contribution in [-0.4, -0.2) is 36.8 Å². The maximum Gasteiger partial charge on any atom is 0.0643 e. The van der Waals surface area contributed by atoms with Gasteiger partial charge >= 0.3 is 0 Å². The minimum Gasteiger partial charge on any atom is -0.378 e. The summed E-state index contributed by atoms with van der Waals surface area (Å²) in [5.41, 5.74) is 0. The molecule has 2 aliphatic heterocycles. The van der Waals surface area contributed by atoms with Crippen molar-refractivity contribution < 1.29 is 4.74 Å². The normalized spacial score (nSPS) is 34.2. The van der Waals surface area contributed by atoms with Crippen LogP contribution >= 0.6 is 11.8 Å². The maximum absolute atomic E-state index is 5.08. The van der Waals surface area contributed by atoms with Crippen molar-refractivity contribution in [2.24, 2.45) is 0 Å². The Morgan fingerprint density at radius 3 is 2.70 bits per heavy atom. The van der Waals surface area contributed by atoms with E-state index in [-0.39, 0.29) is 0 Å². The summed E-state index contributed by atoms with van der Waals surface area (Å²) in [4.78, 5) is 0. The third kappa shape index (κ3) is 1.47. The third-order valence-corrected chi connectivity index (χ3v) is 3.20. The minimum absolute atomic E-state index is 0.670. The van der Waals surface area contributed by atoms with Gasteiger partial charge in [0.25, 0.3) is 0 Å². The smallest absolute Gasteiger partial charge is 0.0643 e. The van der Waals surface area contributed by atoms with Gasteiger partial charge in [-0.2, -0.15) is 11.8 Å². The average Bonchev–Trinajstić information content (AvgIpc) is 2.29. The molecule has 2 heterocycles. The van der Waals surface area contributed by atoms with Gasteiger partial charge in [-0.3, -0.25) is 0 Å². The van der Waals surface area contributed by atoms with Crippen LogP contribution in [0.5, 0.6) is 0 Å². The van der Waals surface area contributed by atoms with E-state index >= 15 is 0 Å². The van der Waals surface area contributed by atoms with E-state index in [1.807, 2.05) is 0 Å². The molecule has 0 bridgehead atoms. The van der Waals surface area contributed by atoms with Crippen molar-refractivity contribution in [3.63, 3.8) is 0 Å². The first-order valence-electron chi connectivity index (χ1n) is 3.87. The van der Waals surface area contributed by atoms with Crippen LogP contribution in [0.4, 0.5) is 0 Å². The van der Waals surface area contributed by atoms with Gasteiger partial charge in [0, 0.05) is 11.8 Å². The SMILES string of the molecule is C1CC(NC2COC2)CS1. The Morgan fingerprint density at radius 2 is 2.20 bits per heavy atom. The van der Waals surface area contributed by atoms with Crippen molar-refractivity contribution in [1.29, 1.82) is 0 Å². The number of thioether (sulfide) groups is 1. The van der Waals surface area contributed by atoms with Crippen molar-refractivity contribution in [3.05, 3.63) is 0 Å². The molecule has 0 aromatic carbocycles. The zero-order valence-electron chi connectivity index (χ0n) is 6.01. The lowest BCUT2D eigenvalue weighted by atomic mass is 10.2. The summed E-state index contributed by atoms with van der Waals surface area (Å²) in [6, 6.07) is 1.45. The van der Waals surface area contributed by atoms with Gasteiger partial charge in [-0.1, -0.05) is 0 Å². The van der Waals surface area contributed by atoms with Crippen LogP contribution in [0, 0.1) is 0 Å². The van der Waals surface area contributed by atoms with Crippen LogP contribution in [0.2, 0.25) is 0 Å². The third-order valence-electron chi connectivity index (χ3n) is 2.04. The number of rotatable bonds is 2. The summed E-state index contributed by atoms with van der Waals surface area (Å²) >= 11 is 2.06. The van der Waals surface area contributed by atoms with Crippen molar-refractivity contribution in [3.8, 4) is 0 Å². The van der Waals surface area contributed by atoms with E-state index < -0.39 is 0 Å². The Hall–Kier alpha value is 0.270. The quantitative estimate of drug-likeness (QED) is 0.633. The van der Waals surface area contributed by atoms with Gasteiger partial charge in [0.1, 0.15) is 0 Å². The van der Waals surface area contributed by atoms with Crippen molar-refractivity contribution in [1.82, 2.24) is 5.32 Å². The predicted octanol–water partition coefficient (Wildman–Crippen LogP) is 0.480. The Balaban J connectivity index is 1.68. The summed E-state index contributed by atoms with van der Waals surface area (Å²) in [6.45, 7) is 1.86. The van der Waals surface area contributed by atoms with Crippen LogP contribution in [0.15, 0.2) is 0 Å². The molecule has 1 atom stereocenters. The molecule has 10 heavy (non-hydrogen) atoms. The summed E-state index contributed by atoms with van der Waals surface area (Å²) in [5.74, 6) is 2.64. The van der Waals surface area contributed by atoms with E-state index in [1.54, 1.807) is 0 Å². The van der Waals surface area contributed by atoms with E-state index in [0.717, 1.165) is 19.3 Å². The fraction of sp³-hybridized carbons (Fsp3) is 1.00. The highest BCUT2D eigenvalue weighted by Crippen LogP contribution is 2.18. The molecule has 2 nitrogen and oxygen atoms in total. The molecular weight excluding hydrogens is 146 g/mol. The predicted molar refractivity (Wildman–Crippen MR) is 43.5 cm³/mol. The van der Waals surface area contributed by atoms with Crippen LogP contribution in [0.3, 0.4) is 0 Å². The highest BCUT2D eigenvalue weighted by atomic mass is 32.2. The molecule has 0 aromatic rings. The summed E-state index contributed by atoms with van der Waals surface area (Å²) in [5, 5.41) is 3.57. The number of nitrogens with one attached hydrogen (secondary N) is 1. The largest absolute Gasteiger partial charge is 0.378 e. The van der Waals surface area contributed by atoms with Gasteiger partial charge in [-0.05, 0) is 12.2 Å².